The lowest BCUT2D eigenvalue weighted by Gasteiger charge is -2.27. The van der Waals surface area contributed by atoms with Gasteiger partial charge in [0.25, 0.3) is 0 Å². The summed E-state index contributed by atoms with van der Waals surface area (Å²) >= 11 is 0. The van der Waals surface area contributed by atoms with Crippen molar-refractivity contribution in [1.29, 1.82) is 0 Å². The van der Waals surface area contributed by atoms with E-state index in [-0.39, 0.29) is 5.60 Å². The van der Waals surface area contributed by atoms with E-state index in [0.29, 0.717) is 5.88 Å². The van der Waals surface area contributed by atoms with Crippen molar-refractivity contribution in [3.05, 3.63) is 30.5 Å². The Bertz CT molecular complexity index is 942. The summed E-state index contributed by atoms with van der Waals surface area (Å²) in [7, 11) is 0. The zero-order valence-corrected chi connectivity index (χ0v) is 19.0. The summed E-state index contributed by atoms with van der Waals surface area (Å²) in [6.45, 7) is 12.3. The van der Waals surface area contributed by atoms with Crippen LogP contribution in [0.4, 0.5) is 5.82 Å². The van der Waals surface area contributed by atoms with Gasteiger partial charge in [0.15, 0.2) is 0 Å². The molecule has 1 saturated heterocycles. The number of fused-ring (bicyclic) bond motifs is 1. The number of ether oxygens (including phenoxy) is 1. The zero-order chi connectivity index (χ0) is 21.6. The third-order valence-electron chi connectivity index (χ3n) is 5.39. The Morgan fingerprint density at radius 2 is 1.73 bits per heavy atom. The van der Waals surface area contributed by atoms with Gasteiger partial charge in [0.1, 0.15) is 22.6 Å². The lowest BCUT2D eigenvalue weighted by molar-refractivity contribution is 0.192. The van der Waals surface area contributed by atoms with E-state index in [2.05, 4.69) is 33.1 Å². The molecule has 0 aromatic carbocycles. The molecule has 0 atom stereocenters. The van der Waals surface area contributed by atoms with Gasteiger partial charge >= 0.3 is 0 Å². The maximum Gasteiger partial charge on any atom is 0.214 e. The molecule has 4 heterocycles. The first-order valence-corrected chi connectivity index (χ1v) is 11.5. The summed E-state index contributed by atoms with van der Waals surface area (Å²) in [6, 6.07) is 8.03. The number of hydrogen-bond acceptors (Lipinski definition) is 5. The second-order valence-corrected chi connectivity index (χ2v) is 7.62. The fourth-order valence-electron chi connectivity index (χ4n) is 3.53. The first-order chi connectivity index (χ1) is 14.7. The third-order valence-corrected chi connectivity index (χ3v) is 5.39. The van der Waals surface area contributed by atoms with Crippen molar-refractivity contribution in [3.63, 3.8) is 0 Å². The summed E-state index contributed by atoms with van der Waals surface area (Å²) in [5.74, 6) is 1.70. The highest BCUT2D eigenvalue weighted by Crippen LogP contribution is 2.39. The van der Waals surface area contributed by atoms with Crippen molar-refractivity contribution in [2.24, 2.45) is 0 Å². The summed E-state index contributed by atoms with van der Waals surface area (Å²) in [5.41, 5.74) is 3.62. The summed E-state index contributed by atoms with van der Waals surface area (Å²) in [5, 5.41) is 7.60. The van der Waals surface area contributed by atoms with Gasteiger partial charge in [-0.15, -0.1) is 0 Å². The minimum atomic E-state index is -0.0390. The van der Waals surface area contributed by atoms with E-state index >= 15 is 0 Å². The van der Waals surface area contributed by atoms with Gasteiger partial charge in [-0.1, -0.05) is 27.7 Å². The number of aromatic nitrogens is 4. The molecule has 0 unspecified atom stereocenters. The van der Waals surface area contributed by atoms with Crippen LogP contribution in [0.3, 0.4) is 0 Å². The molecule has 1 aliphatic carbocycles. The van der Waals surface area contributed by atoms with Gasteiger partial charge in [-0.05, 0) is 57.2 Å². The molecule has 3 aromatic heterocycles. The number of piperidine rings is 1. The fraction of sp³-hybridized carbons (Fsp3) is 0.542. The van der Waals surface area contributed by atoms with Gasteiger partial charge in [-0.2, -0.15) is 5.10 Å². The van der Waals surface area contributed by atoms with Crippen LogP contribution in [0.1, 0.15) is 66.7 Å². The first-order valence-electron chi connectivity index (χ1n) is 11.5. The molecule has 2 fully saturated rings. The molecular weight excluding hydrogens is 374 g/mol. The van der Waals surface area contributed by atoms with Gasteiger partial charge in [0, 0.05) is 30.9 Å². The standard InChI is InChI=1S/C20H23N5O.2C2H6/c1-20(8-9-20)26-17-6-5-15-19(22-17)18(24-23-15)14-7-10-21-16(13-14)25-11-3-2-4-12-25;2*1-2/h5-7,10,13H,2-4,8-9,11-12H2,1H3,(H,23,24);2*1-2H3. The zero-order valence-electron chi connectivity index (χ0n) is 19.0. The Balaban J connectivity index is 0.000000606. The highest BCUT2D eigenvalue weighted by atomic mass is 16.5. The molecule has 0 spiro atoms. The third kappa shape index (κ3) is 4.91. The van der Waals surface area contributed by atoms with E-state index in [0.717, 1.165) is 54.0 Å². The summed E-state index contributed by atoms with van der Waals surface area (Å²) in [6.07, 6.45) is 7.83. The molecule has 6 nitrogen and oxygen atoms in total. The topological polar surface area (TPSA) is 66.9 Å². The van der Waals surface area contributed by atoms with Crippen LogP contribution in [-0.4, -0.2) is 38.9 Å². The molecule has 0 bridgehead atoms. The van der Waals surface area contributed by atoms with Crippen LogP contribution in [0.15, 0.2) is 30.5 Å². The van der Waals surface area contributed by atoms with Crippen LogP contribution in [-0.2, 0) is 0 Å². The van der Waals surface area contributed by atoms with Crippen LogP contribution in [0.2, 0.25) is 0 Å². The molecule has 6 heteroatoms. The number of pyridine rings is 2. The van der Waals surface area contributed by atoms with Crippen LogP contribution >= 0.6 is 0 Å². The monoisotopic (exact) mass is 409 g/mol. The predicted octanol–water partition coefficient (Wildman–Crippen LogP) is 5.99. The van der Waals surface area contributed by atoms with E-state index < -0.39 is 0 Å². The van der Waals surface area contributed by atoms with Gasteiger partial charge in [0.2, 0.25) is 5.88 Å². The molecule has 5 rings (SSSR count). The number of nitrogens with one attached hydrogen (secondary N) is 1. The Morgan fingerprint density at radius 1 is 1.00 bits per heavy atom. The average molecular weight is 410 g/mol. The average Bonchev–Trinajstić information content (AvgIpc) is 3.39. The van der Waals surface area contributed by atoms with E-state index in [1.807, 2.05) is 52.1 Å². The Labute approximate surface area is 180 Å². The SMILES string of the molecule is CC.CC.CC1(Oc2ccc3[nH]nc(-c4ccnc(N5CCCCC5)c4)c3n2)CC1. The maximum atomic E-state index is 6.03. The van der Waals surface area contributed by atoms with Gasteiger partial charge in [0.05, 0.1) is 5.52 Å². The largest absolute Gasteiger partial charge is 0.471 e. The second kappa shape index (κ2) is 9.92. The number of aromatic amines is 1. The Morgan fingerprint density at radius 3 is 2.43 bits per heavy atom. The minimum absolute atomic E-state index is 0.0390. The Kier molecular flexibility index (Phi) is 7.29. The predicted molar refractivity (Wildman–Crippen MR) is 124 cm³/mol. The quantitative estimate of drug-likeness (QED) is 0.573. The van der Waals surface area contributed by atoms with Crippen molar-refractivity contribution in [2.75, 3.05) is 18.0 Å². The number of anilines is 1. The highest BCUT2D eigenvalue weighted by molar-refractivity contribution is 5.90. The van der Waals surface area contributed by atoms with Gasteiger partial charge in [-0.25, -0.2) is 9.97 Å². The van der Waals surface area contributed by atoms with Crippen LogP contribution in [0.5, 0.6) is 5.88 Å². The minimum Gasteiger partial charge on any atom is -0.471 e. The van der Waals surface area contributed by atoms with E-state index in [1.54, 1.807) is 0 Å². The molecule has 162 valence electrons. The fourth-order valence-corrected chi connectivity index (χ4v) is 3.53. The van der Waals surface area contributed by atoms with Crippen molar-refractivity contribution in [3.8, 4) is 17.1 Å². The molecule has 0 radical (unpaired) electrons. The van der Waals surface area contributed by atoms with Crippen LogP contribution in [0, 0.1) is 0 Å². The van der Waals surface area contributed by atoms with E-state index in [9.17, 15) is 0 Å². The molecule has 3 aromatic rings. The number of H-pyrrole nitrogens is 1. The smallest absolute Gasteiger partial charge is 0.214 e. The molecule has 30 heavy (non-hydrogen) atoms. The first kappa shape index (κ1) is 22.1. The number of rotatable bonds is 4. The Hall–Kier alpha value is -2.63. The second-order valence-electron chi connectivity index (χ2n) is 7.62. The van der Waals surface area contributed by atoms with Crippen molar-refractivity contribution in [2.45, 2.75) is 72.3 Å². The normalized spacial score (nSPS) is 16.8. The van der Waals surface area contributed by atoms with Gasteiger partial charge in [-0.3, -0.25) is 5.10 Å². The molecule has 1 aliphatic heterocycles. The van der Waals surface area contributed by atoms with Crippen LogP contribution < -0.4 is 9.64 Å². The molecule has 2 aliphatic rings. The molecule has 0 amide bonds. The number of nitrogens with zero attached hydrogens (tertiary/aromatic N) is 4. The maximum absolute atomic E-state index is 6.03. The van der Waals surface area contributed by atoms with E-state index in [1.165, 1.54) is 19.3 Å². The van der Waals surface area contributed by atoms with Gasteiger partial charge < -0.3 is 9.64 Å². The molecule has 1 saturated carbocycles. The van der Waals surface area contributed by atoms with Crippen molar-refractivity contribution in [1.82, 2.24) is 20.2 Å². The molecule has 1 N–H and O–H groups in total. The van der Waals surface area contributed by atoms with E-state index in [4.69, 9.17) is 9.72 Å². The summed E-state index contributed by atoms with van der Waals surface area (Å²) < 4.78 is 6.03. The lowest BCUT2D eigenvalue weighted by atomic mass is 10.1. The number of hydrogen-bond donors (Lipinski definition) is 1. The summed E-state index contributed by atoms with van der Waals surface area (Å²) in [4.78, 5) is 11.7. The molecular formula is C24H35N5O. The highest BCUT2D eigenvalue weighted by Gasteiger charge is 2.40. The lowest BCUT2D eigenvalue weighted by Crippen LogP contribution is -2.30. The van der Waals surface area contributed by atoms with Crippen molar-refractivity contribution < 1.29 is 4.74 Å². The van der Waals surface area contributed by atoms with Crippen LogP contribution in [0.25, 0.3) is 22.3 Å². The van der Waals surface area contributed by atoms with Crippen molar-refractivity contribution >= 4 is 16.9 Å².